The standard InChI is InChI=1S/C12H23P2/c1-2-3-4-11-5-7-12(8-6-11)9-10-14-13/h10-13H,2-9H2,1H3/q-1. The van der Waals surface area contributed by atoms with Crippen molar-refractivity contribution in [3.8, 4) is 0 Å². The highest BCUT2D eigenvalue weighted by Crippen LogP contribution is 2.33. The Labute approximate surface area is 93.1 Å². The topological polar surface area (TPSA) is 0 Å². The van der Waals surface area contributed by atoms with E-state index < -0.39 is 0 Å². The molecule has 0 aromatic heterocycles. The Hall–Kier alpha value is 0.600. The average molecular weight is 229 g/mol. The molecular weight excluding hydrogens is 206 g/mol. The molecule has 0 bridgehead atoms. The van der Waals surface area contributed by atoms with Gasteiger partial charge in [-0.25, -0.2) is 0 Å². The molecule has 0 spiro atoms. The number of hydrogen-bond donors (Lipinski definition) is 0. The third-order valence-corrected chi connectivity index (χ3v) is 4.40. The molecule has 1 aliphatic rings. The molecule has 0 aromatic carbocycles. The van der Waals surface area contributed by atoms with Gasteiger partial charge in [0, 0.05) is 0 Å². The van der Waals surface area contributed by atoms with E-state index in [0.717, 1.165) is 11.8 Å². The van der Waals surface area contributed by atoms with Gasteiger partial charge in [-0.3, -0.25) is 0 Å². The van der Waals surface area contributed by atoms with Gasteiger partial charge >= 0.3 is 0 Å². The smallest absolute Gasteiger partial charge is 0.0303 e. The van der Waals surface area contributed by atoms with Crippen molar-refractivity contribution in [1.29, 1.82) is 0 Å². The van der Waals surface area contributed by atoms with Gasteiger partial charge in [-0.1, -0.05) is 44.8 Å². The van der Waals surface area contributed by atoms with E-state index in [4.69, 9.17) is 0 Å². The third kappa shape index (κ3) is 4.90. The maximum Gasteiger partial charge on any atom is -0.0303 e. The van der Waals surface area contributed by atoms with Gasteiger partial charge in [0.1, 0.15) is 0 Å². The molecule has 0 saturated heterocycles. The quantitative estimate of drug-likeness (QED) is 0.570. The number of hydrogen-bond acceptors (Lipinski definition) is 0. The van der Waals surface area contributed by atoms with Gasteiger partial charge in [0.25, 0.3) is 0 Å². The first-order valence-electron chi connectivity index (χ1n) is 6.05. The van der Waals surface area contributed by atoms with E-state index in [0.29, 0.717) is 0 Å². The van der Waals surface area contributed by atoms with Crippen molar-refractivity contribution in [2.45, 2.75) is 58.3 Å². The molecule has 0 atom stereocenters. The molecule has 82 valence electrons. The fourth-order valence-corrected chi connectivity index (χ4v) is 3.17. The first-order chi connectivity index (χ1) is 6.86. The van der Waals surface area contributed by atoms with Gasteiger partial charge in [0.15, 0.2) is 0 Å². The first kappa shape index (κ1) is 12.7. The Morgan fingerprint density at radius 1 is 1.21 bits per heavy atom. The summed E-state index contributed by atoms with van der Waals surface area (Å²) in [6.07, 6.45) is 11.6. The van der Waals surface area contributed by atoms with E-state index in [2.05, 4.69) is 21.6 Å². The summed E-state index contributed by atoms with van der Waals surface area (Å²) >= 11 is 0. The minimum atomic E-state index is 0.997. The molecule has 0 N–H and O–H groups in total. The molecule has 0 unspecified atom stereocenters. The van der Waals surface area contributed by atoms with Crippen LogP contribution in [0, 0.1) is 11.8 Å². The Morgan fingerprint density at radius 3 is 2.43 bits per heavy atom. The van der Waals surface area contributed by atoms with Crippen LogP contribution in [-0.4, -0.2) is 5.80 Å². The fourth-order valence-electron chi connectivity index (χ4n) is 2.45. The molecule has 0 nitrogen and oxygen atoms in total. The molecule has 1 aliphatic carbocycles. The molecule has 0 amide bonds. The summed E-state index contributed by atoms with van der Waals surface area (Å²) in [6, 6.07) is 0. The largest absolute Gasteiger partial charge is 0.498 e. The highest BCUT2D eigenvalue weighted by molar-refractivity contribution is 8.01. The second-order valence-electron chi connectivity index (χ2n) is 4.58. The van der Waals surface area contributed by atoms with Crippen molar-refractivity contribution in [3.63, 3.8) is 0 Å². The lowest BCUT2D eigenvalue weighted by Gasteiger charge is -2.27. The Balaban J connectivity index is 2.11. The van der Waals surface area contributed by atoms with Crippen LogP contribution < -0.4 is 0 Å². The zero-order chi connectivity index (χ0) is 10.2. The van der Waals surface area contributed by atoms with Gasteiger partial charge in [-0.15, -0.1) is 0 Å². The second-order valence-corrected chi connectivity index (χ2v) is 5.97. The summed E-state index contributed by atoms with van der Waals surface area (Å²) in [5.74, 6) is 4.41. The van der Waals surface area contributed by atoms with Crippen LogP contribution in [-0.2, 0) is 0 Å². The maximum absolute atomic E-state index is 3.48. The highest BCUT2D eigenvalue weighted by atomic mass is 32.0. The SMILES string of the molecule is CCCCC1CCC(CC=P[PH-])CC1. The van der Waals surface area contributed by atoms with Gasteiger partial charge in [0.05, 0.1) is 0 Å². The summed E-state index contributed by atoms with van der Waals surface area (Å²) in [5.41, 5.74) is 0. The van der Waals surface area contributed by atoms with Crippen LogP contribution in [0.5, 0.6) is 0 Å². The van der Waals surface area contributed by atoms with E-state index in [-0.39, 0.29) is 0 Å². The lowest BCUT2D eigenvalue weighted by Crippen LogP contribution is -2.14. The Morgan fingerprint density at radius 2 is 1.86 bits per heavy atom. The van der Waals surface area contributed by atoms with Crippen molar-refractivity contribution in [3.05, 3.63) is 0 Å². The summed E-state index contributed by atoms with van der Waals surface area (Å²) < 4.78 is 0. The summed E-state index contributed by atoms with van der Waals surface area (Å²) in [5, 5.41) is 0. The van der Waals surface area contributed by atoms with Crippen molar-refractivity contribution < 1.29 is 0 Å². The molecule has 1 fully saturated rings. The molecule has 2 heteroatoms. The van der Waals surface area contributed by atoms with Crippen molar-refractivity contribution in [2.24, 2.45) is 11.8 Å². The molecule has 0 heterocycles. The monoisotopic (exact) mass is 229 g/mol. The van der Waals surface area contributed by atoms with Crippen molar-refractivity contribution >= 4 is 22.6 Å². The zero-order valence-corrected chi connectivity index (χ0v) is 11.2. The zero-order valence-electron chi connectivity index (χ0n) is 9.34. The normalized spacial score (nSPS) is 28.4. The van der Waals surface area contributed by atoms with Crippen LogP contribution in [0.1, 0.15) is 58.3 Å². The molecule has 0 radical (unpaired) electrons. The van der Waals surface area contributed by atoms with Crippen molar-refractivity contribution in [2.75, 3.05) is 0 Å². The van der Waals surface area contributed by atoms with Gasteiger partial charge < -0.3 is 16.8 Å². The van der Waals surface area contributed by atoms with Gasteiger partial charge in [-0.2, -0.15) is 0 Å². The third-order valence-electron chi connectivity index (χ3n) is 3.46. The molecule has 0 aliphatic heterocycles. The predicted octanol–water partition coefficient (Wildman–Crippen LogP) is 5.18. The predicted molar refractivity (Wildman–Crippen MR) is 70.9 cm³/mol. The van der Waals surface area contributed by atoms with E-state index in [1.165, 1.54) is 59.3 Å². The number of rotatable bonds is 5. The van der Waals surface area contributed by atoms with Crippen LogP contribution in [0.4, 0.5) is 0 Å². The molecule has 1 rings (SSSR count). The van der Waals surface area contributed by atoms with Crippen LogP contribution in [0.2, 0.25) is 0 Å². The number of unbranched alkanes of at least 4 members (excludes halogenated alkanes) is 1. The van der Waals surface area contributed by atoms with Crippen LogP contribution in [0.25, 0.3) is 0 Å². The first-order valence-corrected chi connectivity index (χ1v) is 8.35. The summed E-state index contributed by atoms with van der Waals surface area (Å²) in [6.45, 7) is 2.30. The molecule has 0 aromatic rings. The van der Waals surface area contributed by atoms with Crippen LogP contribution >= 0.6 is 16.8 Å². The minimum Gasteiger partial charge on any atom is -0.498 e. The van der Waals surface area contributed by atoms with E-state index >= 15 is 0 Å². The molecular formula is C12H23P2-. The Bertz CT molecular complexity index is 158. The molecule has 1 saturated carbocycles. The van der Waals surface area contributed by atoms with Crippen LogP contribution in [0.3, 0.4) is 0 Å². The highest BCUT2D eigenvalue weighted by Gasteiger charge is 2.19. The van der Waals surface area contributed by atoms with Gasteiger partial charge in [-0.05, 0) is 31.1 Å². The lowest BCUT2D eigenvalue weighted by atomic mass is 9.79. The van der Waals surface area contributed by atoms with Gasteiger partial charge in [0.2, 0.25) is 0 Å². The molecule has 14 heavy (non-hydrogen) atoms. The summed E-state index contributed by atoms with van der Waals surface area (Å²) in [4.78, 5) is 0. The van der Waals surface area contributed by atoms with E-state index in [1.807, 2.05) is 0 Å². The maximum atomic E-state index is 3.48. The van der Waals surface area contributed by atoms with Crippen LogP contribution in [0.15, 0.2) is 0 Å². The Kier molecular flexibility index (Phi) is 7.09. The van der Waals surface area contributed by atoms with Crippen molar-refractivity contribution in [1.82, 2.24) is 0 Å². The lowest BCUT2D eigenvalue weighted by molar-refractivity contribution is 0.265. The minimum absolute atomic E-state index is 0.997. The van der Waals surface area contributed by atoms with E-state index in [1.54, 1.807) is 0 Å². The van der Waals surface area contributed by atoms with E-state index in [9.17, 15) is 0 Å². The fraction of sp³-hybridized carbons (Fsp3) is 0.917. The second kappa shape index (κ2) is 7.84. The summed E-state index contributed by atoms with van der Waals surface area (Å²) in [7, 11) is 4.76. The average Bonchev–Trinajstić information content (AvgIpc) is 2.25.